The minimum atomic E-state index is -1.48. The monoisotopic (exact) mass is 349 g/mol. The second kappa shape index (κ2) is 5.71. The Morgan fingerprint density at radius 3 is 2.83 bits per heavy atom. The van der Waals surface area contributed by atoms with E-state index in [1.54, 1.807) is 0 Å². The molecular weight excluding hydrogens is 331 g/mol. The Bertz CT molecular complexity index is 777. The van der Waals surface area contributed by atoms with Crippen LogP contribution in [0.15, 0.2) is 24.3 Å². The van der Waals surface area contributed by atoms with Gasteiger partial charge in [0, 0.05) is 35.3 Å². The van der Waals surface area contributed by atoms with Crippen LogP contribution in [0.25, 0.3) is 11.3 Å². The molecule has 2 aliphatic rings. The summed E-state index contributed by atoms with van der Waals surface area (Å²) < 4.78 is 11.8. The summed E-state index contributed by atoms with van der Waals surface area (Å²) in [5.74, 6) is 0.893. The molecule has 3 heterocycles. The lowest BCUT2D eigenvalue weighted by Crippen LogP contribution is -2.13. The summed E-state index contributed by atoms with van der Waals surface area (Å²) in [6.07, 6.45) is 2.41. The highest BCUT2D eigenvalue weighted by molar-refractivity contribution is 7.83. The molecule has 4 nitrogen and oxygen atoms in total. The lowest BCUT2D eigenvalue weighted by Gasteiger charge is -2.09. The van der Waals surface area contributed by atoms with Gasteiger partial charge in [-0.3, -0.25) is 0 Å². The first-order valence-electron chi connectivity index (χ1n) is 7.73. The number of fused-ring (bicyclic) bond motifs is 2. The topological polar surface area (TPSA) is 46.7 Å². The van der Waals surface area contributed by atoms with Crippen LogP contribution in [0.4, 0.5) is 0 Å². The van der Waals surface area contributed by atoms with Gasteiger partial charge >= 0.3 is 0 Å². The maximum atomic E-state index is 6.31. The number of nitrogens with one attached hydrogen (secondary N) is 1. The number of rotatable bonds is 4. The molecule has 6 heteroatoms. The molecule has 1 spiro atoms. The lowest BCUT2D eigenvalue weighted by molar-refractivity contribution is 0.397. The number of aryl methyl sites for hydroxylation is 1. The molecule has 4 rings (SSSR count). The van der Waals surface area contributed by atoms with E-state index in [-0.39, 0.29) is 0 Å². The van der Waals surface area contributed by atoms with Crippen LogP contribution in [0.2, 0.25) is 5.02 Å². The third-order valence-corrected chi connectivity index (χ3v) is 7.43. The summed E-state index contributed by atoms with van der Waals surface area (Å²) in [7, 11) is 0.477. The van der Waals surface area contributed by atoms with Crippen molar-refractivity contribution in [1.29, 1.82) is 0 Å². The van der Waals surface area contributed by atoms with Crippen molar-refractivity contribution in [3.05, 3.63) is 40.5 Å². The molecule has 0 amide bonds. The van der Waals surface area contributed by atoms with Crippen LogP contribution in [0.1, 0.15) is 11.3 Å². The fourth-order valence-corrected chi connectivity index (χ4v) is 5.42. The zero-order valence-electron chi connectivity index (χ0n) is 13.2. The fourth-order valence-electron chi connectivity index (χ4n) is 2.85. The fraction of sp³-hybridized carbons (Fsp3) is 0.353. The lowest BCUT2D eigenvalue weighted by atomic mass is 10.1. The molecule has 23 heavy (non-hydrogen) atoms. The van der Waals surface area contributed by atoms with Gasteiger partial charge in [-0.1, -0.05) is 23.7 Å². The Labute approximate surface area is 141 Å². The molecule has 0 aliphatic carbocycles. The number of pyridine rings is 1. The summed E-state index contributed by atoms with van der Waals surface area (Å²) in [5.41, 5.74) is 4.03. The molecule has 1 fully saturated rings. The number of hydrogen-bond donors (Lipinski definition) is 1. The maximum Gasteiger partial charge on any atom is 0.255 e. The largest absolute Gasteiger partial charge is 0.450 e. The Kier molecular flexibility index (Phi) is 3.81. The first kappa shape index (κ1) is 15.3. The van der Waals surface area contributed by atoms with Crippen molar-refractivity contribution in [2.24, 2.45) is 0 Å². The van der Waals surface area contributed by atoms with Crippen LogP contribution in [-0.4, -0.2) is 31.3 Å². The Balaban J connectivity index is 1.84. The number of aromatic nitrogens is 1. The van der Waals surface area contributed by atoms with Gasteiger partial charge in [0.05, 0.1) is 0 Å². The number of ether oxygens (including phenoxy) is 1. The van der Waals surface area contributed by atoms with Crippen molar-refractivity contribution >= 4 is 24.4 Å². The van der Waals surface area contributed by atoms with Crippen LogP contribution < -0.4 is 15.4 Å². The van der Waals surface area contributed by atoms with E-state index in [1.807, 2.05) is 26.1 Å². The van der Waals surface area contributed by atoms with Gasteiger partial charge in [-0.2, -0.15) is 4.52 Å². The van der Waals surface area contributed by atoms with Crippen LogP contribution in [0, 0.1) is 6.92 Å². The predicted octanol–water partition coefficient (Wildman–Crippen LogP) is 3.37. The van der Waals surface area contributed by atoms with Crippen LogP contribution >= 0.6 is 19.1 Å². The van der Waals surface area contributed by atoms with Crippen molar-refractivity contribution in [2.45, 2.75) is 13.3 Å². The smallest absolute Gasteiger partial charge is 0.255 e. The first-order chi connectivity index (χ1) is 11.1. The minimum Gasteiger partial charge on any atom is -0.450 e. The van der Waals surface area contributed by atoms with Gasteiger partial charge in [-0.25, -0.2) is 4.98 Å². The third kappa shape index (κ3) is 2.64. The van der Waals surface area contributed by atoms with E-state index < -0.39 is 7.49 Å². The van der Waals surface area contributed by atoms with Gasteiger partial charge in [-0.05, 0) is 25.6 Å². The van der Waals surface area contributed by atoms with Gasteiger partial charge in [-0.15, -0.1) is 0 Å². The molecule has 2 aromatic rings. The summed E-state index contributed by atoms with van der Waals surface area (Å²) in [6.45, 7) is 2.90. The molecular formula is C17H19ClN2O2P+. The van der Waals surface area contributed by atoms with Crippen molar-refractivity contribution in [3.8, 4) is 17.0 Å². The van der Waals surface area contributed by atoms with Gasteiger partial charge in [0.2, 0.25) is 12.7 Å². The van der Waals surface area contributed by atoms with E-state index in [0.717, 1.165) is 52.6 Å². The SMILES string of the molecule is CNCCc1cc2c(c(-c3ccc(C)c(Cl)c3)n1)OC[P+]21CO1. The number of halogens is 1. The predicted molar refractivity (Wildman–Crippen MR) is 95.1 cm³/mol. The molecule has 1 atom stereocenters. The molecule has 0 saturated carbocycles. The van der Waals surface area contributed by atoms with Crippen LogP contribution in [-0.2, 0) is 10.9 Å². The average Bonchev–Trinajstić information content (AvgIpc) is 3.25. The van der Waals surface area contributed by atoms with Crippen molar-refractivity contribution < 1.29 is 9.26 Å². The van der Waals surface area contributed by atoms with Crippen LogP contribution in [0.3, 0.4) is 0 Å². The van der Waals surface area contributed by atoms with E-state index in [0.29, 0.717) is 6.35 Å². The highest BCUT2D eigenvalue weighted by Crippen LogP contribution is 2.76. The minimum absolute atomic E-state index is 0.687. The first-order valence-corrected chi connectivity index (χ1v) is 10.2. The third-order valence-electron chi connectivity index (χ3n) is 4.38. The van der Waals surface area contributed by atoms with E-state index in [1.165, 1.54) is 5.30 Å². The van der Waals surface area contributed by atoms with Crippen molar-refractivity contribution in [1.82, 2.24) is 10.3 Å². The molecule has 0 bridgehead atoms. The highest BCUT2D eigenvalue weighted by atomic mass is 35.5. The summed E-state index contributed by atoms with van der Waals surface area (Å²) in [5, 5.41) is 5.18. The molecule has 1 N–H and O–H groups in total. The van der Waals surface area contributed by atoms with E-state index >= 15 is 0 Å². The molecule has 0 radical (unpaired) electrons. The second-order valence-electron chi connectivity index (χ2n) is 6.05. The maximum absolute atomic E-state index is 6.31. The molecule has 1 aromatic carbocycles. The normalized spacial score (nSPS) is 21.3. The Morgan fingerprint density at radius 2 is 2.13 bits per heavy atom. The molecule has 2 aliphatic heterocycles. The van der Waals surface area contributed by atoms with Gasteiger partial charge in [0.15, 0.2) is 11.1 Å². The van der Waals surface area contributed by atoms with Gasteiger partial charge in [0.25, 0.3) is 7.49 Å². The molecule has 1 unspecified atom stereocenters. The van der Waals surface area contributed by atoms with E-state index in [2.05, 4.69) is 17.4 Å². The standard InChI is InChI=1S/C17H19ClN2O2P/c1-11-3-4-12(7-14(11)18)16-17-15(23(9-21-17)10-22-23)8-13(20-16)5-6-19-2/h3-4,7-8,19H,5-6,9-10H2,1-2H3/q+1. The van der Waals surface area contributed by atoms with E-state index in [9.17, 15) is 0 Å². The zero-order chi connectivity index (χ0) is 16.0. The summed E-state index contributed by atoms with van der Waals surface area (Å²) in [4.78, 5) is 4.85. The number of hydrogen-bond acceptors (Lipinski definition) is 4. The quantitative estimate of drug-likeness (QED) is 0.679. The summed E-state index contributed by atoms with van der Waals surface area (Å²) in [6, 6.07) is 8.24. The Hall–Kier alpha value is -1.19. The van der Waals surface area contributed by atoms with Gasteiger partial charge < -0.3 is 10.1 Å². The average molecular weight is 350 g/mol. The van der Waals surface area contributed by atoms with E-state index in [4.69, 9.17) is 25.8 Å². The van der Waals surface area contributed by atoms with Crippen LogP contribution in [0.5, 0.6) is 5.75 Å². The number of likely N-dealkylation sites (N-methyl/N-ethyl adjacent to an activating group) is 1. The van der Waals surface area contributed by atoms with Crippen molar-refractivity contribution in [2.75, 3.05) is 26.3 Å². The number of nitrogens with zero attached hydrogens (tertiary/aromatic N) is 1. The highest BCUT2D eigenvalue weighted by Gasteiger charge is 2.65. The Morgan fingerprint density at radius 1 is 1.30 bits per heavy atom. The number of benzene rings is 1. The summed E-state index contributed by atoms with van der Waals surface area (Å²) >= 11 is 6.31. The van der Waals surface area contributed by atoms with Crippen molar-refractivity contribution in [3.63, 3.8) is 0 Å². The second-order valence-corrected chi connectivity index (χ2v) is 9.49. The molecule has 120 valence electrons. The molecule has 1 saturated heterocycles. The van der Waals surface area contributed by atoms with Gasteiger partial charge in [0.1, 0.15) is 5.69 Å². The molecule has 1 aromatic heterocycles. The zero-order valence-corrected chi connectivity index (χ0v) is 14.9.